The van der Waals surface area contributed by atoms with Crippen LogP contribution in [0.4, 0.5) is 4.39 Å². The van der Waals surface area contributed by atoms with Crippen molar-refractivity contribution in [3.05, 3.63) is 83.1 Å². The average Bonchev–Trinajstić information content (AvgIpc) is 3.01. The molecule has 0 spiro atoms. The Hall–Kier alpha value is -2.66. The number of fused-ring (bicyclic) bond motifs is 1. The normalized spacial score (nSPS) is 11.3. The number of aromatic nitrogens is 3. The fraction of sp³-hybridized carbons (Fsp3) is 0.182. The molecule has 5 heteroatoms. The van der Waals surface area contributed by atoms with E-state index in [4.69, 9.17) is 0 Å². The maximum absolute atomic E-state index is 14.1. The fourth-order valence-corrected chi connectivity index (χ4v) is 4.53. The predicted octanol–water partition coefficient (Wildman–Crippen LogP) is 5.70. The van der Waals surface area contributed by atoms with Crippen LogP contribution in [0.2, 0.25) is 0 Å². The summed E-state index contributed by atoms with van der Waals surface area (Å²) < 4.78 is 16.1. The second-order valence-corrected chi connectivity index (χ2v) is 7.79. The summed E-state index contributed by atoms with van der Waals surface area (Å²) >= 11 is 1.51. The standard InChI is InChI=1S/C22H20FN3S/c1-14-11-15(2)20(16(3)12-14)27-21-19-18(24-22(23)25-21)9-10-26(19)13-17-7-5-4-6-8-17/h4-12H,13H2,1-3H3. The zero-order chi connectivity index (χ0) is 19.0. The number of benzene rings is 2. The molecule has 0 N–H and O–H groups in total. The number of nitrogens with zero attached hydrogens (tertiary/aromatic N) is 3. The summed E-state index contributed by atoms with van der Waals surface area (Å²) in [5, 5.41) is 0.647. The number of rotatable bonds is 4. The van der Waals surface area contributed by atoms with Gasteiger partial charge in [-0.1, -0.05) is 59.8 Å². The van der Waals surface area contributed by atoms with E-state index in [0.717, 1.165) is 10.4 Å². The van der Waals surface area contributed by atoms with Gasteiger partial charge in [0.15, 0.2) is 0 Å². The van der Waals surface area contributed by atoms with E-state index < -0.39 is 6.08 Å². The highest BCUT2D eigenvalue weighted by Gasteiger charge is 2.16. The Balaban J connectivity index is 1.81. The first-order chi connectivity index (χ1) is 13.0. The van der Waals surface area contributed by atoms with Crippen LogP contribution in [0.15, 0.2) is 64.6 Å². The van der Waals surface area contributed by atoms with Gasteiger partial charge in [-0.25, -0.2) is 4.98 Å². The zero-order valence-electron chi connectivity index (χ0n) is 15.5. The van der Waals surface area contributed by atoms with Gasteiger partial charge in [0.2, 0.25) is 0 Å². The van der Waals surface area contributed by atoms with Crippen molar-refractivity contribution in [3.63, 3.8) is 0 Å². The molecule has 3 nitrogen and oxygen atoms in total. The minimum Gasteiger partial charge on any atom is -0.340 e. The number of hydrogen-bond acceptors (Lipinski definition) is 3. The van der Waals surface area contributed by atoms with Crippen molar-refractivity contribution in [2.45, 2.75) is 37.2 Å². The molecule has 2 heterocycles. The van der Waals surface area contributed by atoms with E-state index in [1.54, 1.807) is 0 Å². The summed E-state index contributed by atoms with van der Waals surface area (Å²) in [4.78, 5) is 9.25. The Morgan fingerprint density at radius 3 is 2.37 bits per heavy atom. The molecule has 0 unspecified atom stereocenters. The van der Waals surface area contributed by atoms with Gasteiger partial charge in [-0.2, -0.15) is 9.37 Å². The molecule has 0 bridgehead atoms. The summed E-state index contributed by atoms with van der Waals surface area (Å²) in [7, 11) is 0. The molecule has 0 aliphatic heterocycles. The fourth-order valence-electron chi connectivity index (χ4n) is 3.45. The van der Waals surface area contributed by atoms with Crippen LogP contribution in [-0.4, -0.2) is 14.5 Å². The van der Waals surface area contributed by atoms with Gasteiger partial charge < -0.3 is 4.57 Å². The summed E-state index contributed by atoms with van der Waals surface area (Å²) in [6, 6.07) is 16.3. The third-order valence-electron chi connectivity index (χ3n) is 4.55. The lowest BCUT2D eigenvalue weighted by Gasteiger charge is -2.13. The van der Waals surface area contributed by atoms with Crippen molar-refractivity contribution in [1.29, 1.82) is 0 Å². The Kier molecular flexibility index (Phi) is 4.70. The van der Waals surface area contributed by atoms with Crippen molar-refractivity contribution in [2.24, 2.45) is 0 Å². The van der Waals surface area contributed by atoms with Gasteiger partial charge in [-0.15, -0.1) is 0 Å². The third-order valence-corrected chi connectivity index (χ3v) is 5.88. The molecule has 2 aromatic heterocycles. The molecule has 0 aliphatic carbocycles. The molecule has 2 aromatic carbocycles. The smallest absolute Gasteiger partial charge is 0.310 e. The second kappa shape index (κ2) is 7.16. The first kappa shape index (κ1) is 17.7. The van der Waals surface area contributed by atoms with Crippen LogP contribution in [0.5, 0.6) is 0 Å². The molecule has 0 radical (unpaired) electrons. The van der Waals surface area contributed by atoms with E-state index in [0.29, 0.717) is 17.1 Å². The molecule has 0 fully saturated rings. The van der Waals surface area contributed by atoms with Gasteiger partial charge in [-0.05, 0) is 43.5 Å². The molecule has 0 saturated heterocycles. The molecule has 0 saturated carbocycles. The molecular formula is C22H20FN3S. The van der Waals surface area contributed by atoms with Gasteiger partial charge >= 0.3 is 6.08 Å². The molecule has 4 rings (SSSR count). The highest BCUT2D eigenvalue weighted by Crippen LogP contribution is 2.36. The highest BCUT2D eigenvalue weighted by molar-refractivity contribution is 7.99. The maximum Gasteiger partial charge on any atom is 0.310 e. The summed E-state index contributed by atoms with van der Waals surface area (Å²) in [6.45, 7) is 6.95. The van der Waals surface area contributed by atoms with Crippen LogP contribution in [0.25, 0.3) is 11.0 Å². The monoisotopic (exact) mass is 377 g/mol. The van der Waals surface area contributed by atoms with Crippen molar-refractivity contribution >= 4 is 22.8 Å². The van der Waals surface area contributed by atoms with Crippen LogP contribution in [-0.2, 0) is 6.54 Å². The van der Waals surface area contributed by atoms with E-state index in [2.05, 4.69) is 59.6 Å². The second-order valence-electron chi connectivity index (χ2n) is 6.79. The molecule has 4 aromatic rings. The SMILES string of the molecule is Cc1cc(C)c(Sc2nc(F)nc3ccn(Cc4ccccc4)c23)c(C)c1. The number of hydrogen-bond donors (Lipinski definition) is 0. The van der Waals surface area contributed by atoms with Crippen LogP contribution in [0.3, 0.4) is 0 Å². The molecule has 0 atom stereocenters. The van der Waals surface area contributed by atoms with E-state index in [-0.39, 0.29) is 0 Å². The molecule has 27 heavy (non-hydrogen) atoms. The Morgan fingerprint density at radius 2 is 1.67 bits per heavy atom. The maximum atomic E-state index is 14.1. The Bertz CT molecular complexity index is 1100. The molecule has 136 valence electrons. The van der Waals surface area contributed by atoms with Crippen molar-refractivity contribution < 1.29 is 4.39 Å². The lowest BCUT2D eigenvalue weighted by molar-refractivity contribution is 0.533. The summed E-state index contributed by atoms with van der Waals surface area (Å²) in [6.07, 6.45) is 1.26. The topological polar surface area (TPSA) is 30.7 Å². The first-order valence-electron chi connectivity index (χ1n) is 8.83. The van der Waals surface area contributed by atoms with Gasteiger partial charge in [0.1, 0.15) is 10.5 Å². The molecular weight excluding hydrogens is 357 g/mol. The van der Waals surface area contributed by atoms with Crippen LogP contribution in [0, 0.1) is 26.8 Å². The quantitative estimate of drug-likeness (QED) is 0.338. The third kappa shape index (κ3) is 3.60. The average molecular weight is 377 g/mol. The van der Waals surface area contributed by atoms with Gasteiger partial charge in [0.05, 0.1) is 5.52 Å². The van der Waals surface area contributed by atoms with Gasteiger partial charge in [-0.3, -0.25) is 0 Å². The van der Waals surface area contributed by atoms with E-state index in [1.165, 1.54) is 34.0 Å². The van der Waals surface area contributed by atoms with E-state index in [9.17, 15) is 4.39 Å². The van der Waals surface area contributed by atoms with Crippen LogP contribution < -0.4 is 0 Å². The lowest BCUT2D eigenvalue weighted by Crippen LogP contribution is -2.02. The Labute approximate surface area is 162 Å². The van der Waals surface area contributed by atoms with Crippen molar-refractivity contribution in [3.8, 4) is 0 Å². The lowest BCUT2D eigenvalue weighted by atomic mass is 10.1. The van der Waals surface area contributed by atoms with Gasteiger partial charge in [0, 0.05) is 17.6 Å². The predicted molar refractivity (Wildman–Crippen MR) is 108 cm³/mol. The minimum absolute atomic E-state index is 0.628. The van der Waals surface area contributed by atoms with E-state index in [1.807, 2.05) is 30.5 Å². The Morgan fingerprint density at radius 1 is 0.963 bits per heavy atom. The first-order valence-corrected chi connectivity index (χ1v) is 9.65. The highest BCUT2D eigenvalue weighted by atomic mass is 32.2. The van der Waals surface area contributed by atoms with Crippen molar-refractivity contribution in [2.75, 3.05) is 0 Å². The largest absolute Gasteiger partial charge is 0.340 e. The number of aryl methyl sites for hydroxylation is 3. The van der Waals surface area contributed by atoms with Gasteiger partial charge in [0.25, 0.3) is 0 Å². The summed E-state index contributed by atoms with van der Waals surface area (Å²) in [5.74, 6) is 0. The minimum atomic E-state index is -0.690. The van der Waals surface area contributed by atoms with Crippen LogP contribution in [0.1, 0.15) is 22.3 Å². The van der Waals surface area contributed by atoms with Crippen molar-refractivity contribution in [1.82, 2.24) is 14.5 Å². The summed E-state index contributed by atoms with van der Waals surface area (Å²) in [5.41, 5.74) is 6.24. The van der Waals surface area contributed by atoms with Crippen LogP contribution >= 0.6 is 11.8 Å². The molecule has 0 amide bonds. The zero-order valence-corrected chi connectivity index (χ0v) is 16.3. The molecule has 0 aliphatic rings. The number of halogens is 1. The van der Waals surface area contributed by atoms with E-state index >= 15 is 0 Å².